The molecular weight excluding hydrogens is 453 g/mol. The molecule has 3 rings (SSSR count). The number of amides is 1. The number of halogens is 1. The van der Waals surface area contributed by atoms with Crippen LogP contribution in [0, 0.1) is 5.82 Å². The first-order chi connectivity index (χ1) is 16.3. The maximum absolute atomic E-state index is 13.2. The molecule has 1 amide bonds. The molecule has 6 nitrogen and oxygen atoms in total. The summed E-state index contributed by atoms with van der Waals surface area (Å²) in [6.07, 6.45) is 0. The van der Waals surface area contributed by atoms with E-state index >= 15 is 0 Å². The minimum absolute atomic E-state index is 0.237. The molecule has 0 aromatic heterocycles. The number of hydrogen-bond acceptors (Lipinski definition) is 4. The van der Waals surface area contributed by atoms with E-state index in [1.807, 2.05) is 51.1 Å². The van der Waals surface area contributed by atoms with E-state index in [1.165, 1.54) is 28.6 Å². The predicted octanol–water partition coefficient (Wildman–Crippen LogP) is 4.89. The molecule has 0 saturated carbocycles. The largest absolute Gasteiger partial charge is 0.324 e. The van der Waals surface area contributed by atoms with Crippen LogP contribution in [0.2, 0.25) is 0 Å². The fraction of sp³-hybridized carbons (Fsp3) is 0.269. The van der Waals surface area contributed by atoms with Gasteiger partial charge >= 0.3 is 0 Å². The van der Waals surface area contributed by atoms with E-state index < -0.39 is 16.1 Å². The van der Waals surface area contributed by atoms with Gasteiger partial charge in [-0.1, -0.05) is 56.3 Å². The van der Waals surface area contributed by atoms with Gasteiger partial charge in [0.1, 0.15) is 11.9 Å². The van der Waals surface area contributed by atoms with Crippen molar-refractivity contribution in [3.05, 3.63) is 95.8 Å². The number of benzene rings is 3. The van der Waals surface area contributed by atoms with Gasteiger partial charge in [-0.25, -0.2) is 12.8 Å². The van der Waals surface area contributed by atoms with Gasteiger partial charge in [-0.3, -0.25) is 10.1 Å². The van der Waals surface area contributed by atoms with Crippen molar-refractivity contribution >= 4 is 21.6 Å². The number of carbonyl (C=O) groups excluding carboxylic acids is 1. The lowest BCUT2D eigenvalue weighted by atomic mass is 10.0. The molecule has 2 unspecified atom stereocenters. The Morgan fingerprint density at radius 1 is 0.882 bits per heavy atom. The summed E-state index contributed by atoms with van der Waals surface area (Å²) in [7, 11) is -3.54. The van der Waals surface area contributed by atoms with Crippen LogP contribution in [0.5, 0.6) is 0 Å². The molecule has 180 valence electrons. The van der Waals surface area contributed by atoms with Gasteiger partial charge < -0.3 is 5.32 Å². The highest BCUT2D eigenvalue weighted by Gasteiger charge is 2.25. The zero-order chi connectivity index (χ0) is 24.7. The number of anilines is 1. The van der Waals surface area contributed by atoms with Crippen molar-refractivity contribution in [3.63, 3.8) is 0 Å². The molecular formula is C26H30FN3O3S. The molecule has 0 aliphatic rings. The SMILES string of the molecule is CCN(CC)S(=O)(=O)c1ccc(C(C)NC(C(=O)Nc2ccc(F)cc2)c2ccccc2)cc1. The van der Waals surface area contributed by atoms with E-state index in [9.17, 15) is 17.6 Å². The van der Waals surface area contributed by atoms with Gasteiger partial charge in [0.25, 0.3) is 0 Å². The van der Waals surface area contributed by atoms with Crippen molar-refractivity contribution in [2.24, 2.45) is 0 Å². The monoisotopic (exact) mass is 483 g/mol. The Morgan fingerprint density at radius 2 is 1.47 bits per heavy atom. The lowest BCUT2D eigenvalue weighted by Crippen LogP contribution is -2.34. The summed E-state index contributed by atoms with van der Waals surface area (Å²) >= 11 is 0. The highest BCUT2D eigenvalue weighted by molar-refractivity contribution is 7.89. The third-order valence-corrected chi connectivity index (χ3v) is 7.71. The number of hydrogen-bond donors (Lipinski definition) is 2. The third-order valence-electron chi connectivity index (χ3n) is 5.65. The van der Waals surface area contributed by atoms with Crippen LogP contribution in [-0.2, 0) is 14.8 Å². The predicted molar refractivity (Wildman–Crippen MR) is 132 cm³/mol. The topological polar surface area (TPSA) is 78.5 Å². The Hall–Kier alpha value is -3.07. The van der Waals surface area contributed by atoms with Crippen molar-refractivity contribution in [1.29, 1.82) is 0 Å². The maximum Gasteiger partial charge on any atom is 0.246 e. The van der Waals surface area contributed by atoms with E-state index in [1.54, 1.807) is 24.3 Å². The van der Waals surface area contributed by atoms with Crippen molar-refractivity contribution in [1.82, 2.24) is 9.62 Å². The molecule has 2 atom stereocenters. The second-order valence-corrected chi connectivity index (χ2v) is 9.82. The molecule has 3 aromatic rings. The molecule has 0 saturated heterocycles. The van der Waals surface area contributed by atoms with Gasteiger partial charge in [0.2, 0.25) is 15.9 Å². The summed E-state index contributed by atoms with van der Waals surface area (Å²) in [4.78, 5) is 13.4. The fourth-order valence-corrected chi connectivity index (χ4v) is 5.16. The normalized spacial score (nSPS) is 13.4. The number of nitrogens with one attached hydrogen (secondary N) is 2. The maximum atomic E-state index is 13.2. The first-order valence-electron chi connectivity index (χ1n) is 11.2. The molecule has 0 radical (unpaired) electrons. The summed E-state index contributed by atoms with van der Waals surface area (Å²) in [5.41, 5.74) is 2.11. The highest BCUT2D eigenvalue weighted by Crippen LogP contribution is 2.24. The Labute approximate surface area is 200 Å². The van der Waals surface area contributed by atoms with Crippen LogP contribution in [0.15, 0.2) is 83.8 Å². The van der Waals surface area contributed by atoms with Gasteiger partial charge in [0.15, 0.2) is 0 Å². The van der Waals surface area contributed by atoms with Crippen LogP contribution < -0.4 is 10.6 Å². The van der Waals surface area contributed by atoms with Crippen LogP contribution in [0.4, 0.5) is 10.1 Å². The highest BCUT2D eigenvalue weighted by atomic mass is 32.2. The molecule has 0 fully saturated rings. The van der Waals surface area contributed by atoms with Gasteiger partial charge in [-0.15, -0.1) is 0 Å². The van der Waals surface area contributed by atoms with Crippen LogP contribution in [0.3, 0.4) is 0 Å². The quantitative estimate of drug-likeness (QED) is 0.431. The van der Waals surface area contributed by atoms with Gasteiger partial charge in [0, 0.05) is 24.8 Å². The summed E-state index contributed by atoms with van der Waals surface area (Å²) in [6.45, 7) is 6.33. The lowest BCUT2D eigenvalue weighted by molar-refractivity contribution is -0.118. The molecule has 2 N–H and O–H groups in total. The molecule has 0 heterocycles. The first-order valence-corrected chi connectivity index (χ1v) is 12.7. The Balaban J connectivity index is 1.81. The van der Waals surface area contributed by atoms with Gasteiger partial charge in [0.05, 0.1) is 4.90 Å². The molecule has 8 heteroatoms. The van der Waals surface area contributed by atoms with E-state index in [2.05, 4.69) is 10.6 Å². The summed E-state index contributed by atoms with van der Waals surface area (Å²) in [5.74, 6) is -0.666. The van der Waals surface area contributed by atoms with Crippen LogP contribution in [0.25, 0.3) is 0 Å². The number of rotatable bonds is 10. The smallest absolute Gasteiger partial charge is 0.246 e. The summed E-state index contributed by atoms with van der Waals surface area (Å²) < 4.78 is 40.2. The minimum Gasteiger partial charge on any atom is -0.324 e. The summed E-state index contributed by atoms with van der Waals surface area (Å²) in [5, 5.41) is 6.16. The van der Waals surface area contributed by atoms with Crippen molar-refractivity contribution < 1.29 is 17.6 Å². The Bertz CT molecular complexity index is 1180. The fourth-order valence-electron chi connectivity index (χ4n) is 3.70. The number of sulfonamides is 1. The Morgan fingerprint density at radius 3 is 2.03 bits per heavy atom. The van der Waals surface area contributed by atoms with Crippen molar-refractivity contribution in [2.45, 2.75) is 37.8 Å². The van der Waals surface area contributed by atoms with E-state index in [4.69, 9.17) is 0 Å². The summed E-state index contributed by atoms with van der Waals surface area (Å²) in [6, 6.07) is 20.7. The minimum atomic E-state index is -3.54. The average molecular weight is 484 g/mol. The molecule has 0 aliphatic heterocycles. The first kappa shape index (κ1) is 25.6. The molecule has 0 bridgehead atoms. The number of nitrogens with zero attached hydrogens (tertiary/aromatic N) is 1. The van der Waals surface area contributed by atoms with Gasteiger partial charge in [-0.05, 0) is 54.4 Å². The van der Waals surface area contributed by atoms with E-state index in [0.29, 0.717) is 18.8 Å². The second kappa shape index (κ2) is 11.4. The average Bonchev–Trinajstić information content (AvgIpc) is 2.85. The van der Waals surface area contributed by atoms with Crippen molar-refractivity contribution in [3.8, 4) is 0 Å². The molecule has 0 spiro atoms. The van der Waals surface area contributed by atoms with Crippen LogP contribution >= 0.6 is 0 Å². The lowest BCUT2D eigenvalue weighted by Gasteiger charge is -2.24. The Kier molecular flexibility index (Phi) is 8.55. The standard InChI is InChI=1S/C26H30FN3O3S/c1-4-30(5-2)34(32,33)24-17-11-20(12-18-24)19(3)28-25(21-9-7-6-8-10-21)26(31)29-23-15-13-22(27)14-16-23/h6-19,25,28H,4-5H2,1-3H3,(H,29,31). The van der Waals surface area contributed by atoms with E-state index in [0.717, 1.165) is 11.1 Å². The molecule has 0 aliphatic carbocycles. The third kappa shape index (κ3) is 6.08. The van der Waals surface area contributed by atoms with Crippen LogP contribution in [0.1, 0.15) is 44.0 Å². The zero-order valence-electron chi connectivity index (χ0n) is 19.5. The van der Waals surface area contributed by atoms with Crippen LogP contribution in [-0.4, -0.2) is 31.7 Å². The van der Waals surface area contributed by atoms with Gasteiger partial charge in [-0.2, -0.15) is 4.31 Å². The zero-order valence-corrected chi connectivity index (χ0v) is 20.3. The van der Waals surface area contributed by atoms with Crippen molar-refractivity contribution in [2.75, 3.05) is 18.4 Å². The second-order valence-electron chi connectivity index (χ2n) is 7.89. The van der Waals surface area contributed by atoms with E-state index in [-0.39, 0.29) is 22.7 Å². The molecule has 3 aromatic carbocycles. The number of carbonyl (C=O) groups is 1. The molecule has 34 heavy (non-hydrogen) atoms.